The average Bonchev–Trinajstić information content (AvgIpc) is 3.31. The molecule has 302 valence electrons. The summed E-state index contributed by atoms with van der Waals surface area (Å²) in [6, 6.07) is 72.6. The topological polar surface area (TPSA) is 0 Å². The van der Waals surface area contributed by atoms with Crippen LogP contribution < -0.4 is 15.6 Å². The molecule has 0 bridgehead atoms. The van der Waals surface area contributed by atoms with Gasteiger partial charge in [-0.3, -0.25) is 0 Å². The quantitative estimate of drug-likeness (QED) is 0.0772. The lowest BCUT2D eigenvalue weighted by Crippen LogP contribution is -2.67. The SMILES string of the molecule is Cc1c(-c2ccccc2)cc(-c2ccccc2)c(C)c1[Si](Cl)(c1c(C)c(-c2ccccc2)cc(-c2ccccc2)c1C)c1c(C)c(-c2ccccc2)cc(-c2ccccc2)c1C. The highest BCUT2D eigenvalue weighted by atomic mass is 35.6. The van der Waals surface area contributed by atoms with E-state index in [0.29, 0.717) is 0 Å². The minimum atomic E-state index is -3.66. The van der Waals surface area contributed by atoms with Crippen LogP contribution >= 0.6 is 11.1 Å². The first kappa shape index (κ1) is 40.9. The molecule has 0 nitrogen and oxygen atoms in total. The first-order valence-electron chi connectivity index (χ1n) is 21.6. The van der Waals surface area contributed by atoms with Gasteiger partial charge in [-0.1, -0.05) is 182 Å². The minimum absolute atomic E-state index is 1.18. The molecule has 9 rings (SSSR count). The predicted molar refractivity (Wildman–Crippen MR) is 271 cm³/mol. The first-order chi connectivity index (χ1) is 30.2. The number of hydrogen-bond acceptors (Lipinski definition) is 0. The van der Waals surface area contributed by atoms with Gasteiger partial charge in [0.2, 0.25) is 7.38 Å². The van der Waals surface area contributed by atoms with Crippen LogP contribution in [0.4, 0.5) is 0 Å². The lowest BCUT2D eigenvalue weighted by atomic mass is 9.91. The molecule has 0 aliphatic rings. The van der Waals surface area contributed by atoms with Crippen LogP contribution in [0.5, 0.6) is 0 Å². The molecule has 0 spiro atoms. The van der Waals surface area contributed by atoms with Crippen molar-refractivity contribution in [2.75, 3.05) is 0 Å². The number of hydrogen-bond donors (Lipinski definition) is 0. The molecule has 9 aromatic rings. The first-order valence-corrected chi connectivity index (χ1v) is 24.6. The van der Waals surface area contributed by atoms with Gasteiger partial charge in [0, 0.05) is 0 Å². The van der Waals surface area contributed by atoms with E-state index in [1.54, 1.807) is 0 Å². The summed E-state index contributed by atoms with van der Waals surface area (Å²) >= 11 is 9.44. The smallest absolute Gasteiger partial charge is 0.149 e. The lowest BCUT2D eigenvalue weighted by molar-refractivity contribution is 1.37. The molecule has 0 unspecified atom stereocenters. The van der Waals surface area contributed by atoms with Gasteiger partial charge >= 0.3 is 0 Å². The van der Waals surface area contributed by atoms with E-state index in [2.05, 4.69) is 242 Å². The van der Waals surface area contributed by atoms with E-state index in [-0.39, 0.29) is 0 Å². The van der Waals surface area contributed by atoms with Crippen LogP contribution in [0.3, 0.4) is 0 Å². The third-order valence-corrected chi connectivity index (χ3v) is 19.1. The summed E-state index contributed by atoms with van der Waals surface area (Å²) in [5.74, 6) is 0. The molecular weight excluding hydrogens is 784 g/mol. The Morgan fingerprint density at radius 2 is 0.387 bits per heavy atom. The van der Waals surface area contributed by atoms with Crippen LogP contribution in [0.25, 0.3) is 66.8 Å². The highest BCUT2D eigenvalue weighted by Gasteiger charge is 2.47. The fourth-order valence-electron chi connectivity index (χ4n) is 10.2. The van der Waals surface area contributed by atoms with Crippen molar-refractivity contribution in [2.24, 2.45) is 0 Å². The maximum absolute atomic E-state index is 9.44. The van der Waals surface area contributed by atoms with Gasteiger partial charge in [0.15, 0.2) is 0 Å². The molecule has 0 atom stereocenters. The Hall–Kier alpha value is -6.51. The van der Waals surface area contributed by atoms with Gasteiger partial charge in [0.25, 0.3) is 0 Å². The largest absolute Gasteiger partial charge is 0.249 e. The Balaban J connectivity index is 1.54. The van der Waals surface area contributed by atoms with Crippen LogP contribution in [0.15, 0.2) is 200 Å². The second-order valence-corrected chi connectivity index (χ2v) is 21.2. The van der Waals surface area contributed by atoms with Gasteiger partial charge in [-0.25, -0.2) is 0 Å². The lowest BCUT2D eigenvalue weighted by Gasteiger charge is -2.38. The summed E-state index contributed by atoms with van der Waals surface area (Å²) in [4.78, 5) is 0. The number of rotatable bonds is 9. The predicted octanol–water partition coefficient (Wildman–Crippen LogP) is 14.7. The number of benzene rings is 9. The summed E-state index contributed by atoms with van der Waals surface area (Å²) in [6.07, 6.45) is 0. The minimum Gasteiger partial charge on any atom is -0.149 e. The fraction of sp³-hybridized carbons (Fsp3) is 0.100. The van der Waals surface area contributed by atoms with E-state index >= 15 is 0 Å². The van der Waals surface area contributed by atoms with Crippen LogP contribution in [0.2, 0.25) is 0 Å². The van der Waals surface area contributed by atoms with Crippen LogP contribution in [-0.4, -0.2) is 7.38 Å². The molecule has 0 amide bonds. The zero-order chi connectivity index (χ0) is 43.0. The Morgan fingerprint density at radius 1 is 0.242 bits per heavy atom. The third-order valence-electron chi connectivity index (χ3n) is 13.1. The third kappa shape index (κ3) is 7.16. The van der Waals surface area contributed by atoms with Gasteiger partial charge in [-0.05, 0) is 175 Å². The van der Waals surface area contributed by atoms with E-state index in [4.69, 9.17) is 0 Å². The summed E-state index contributed by atoms with van der Waals surface area (Å²) in [5, 5.41) is 3.76. The molecule has 0 N–H and O–H groups in total. The van der Waals surface area contributed by atoms with Gasteiger partial charge < -0.3 is 0 Å². The van der Waals surface area contributed by atoms with Crippen molar-refractivity contribution in [2.45, 2.75) is 41.5 Å². The van der Waals surface area contributed by atoms with Crippen molar-refractivity contribution in [1.82, 2.24) is 0 Å². The van der Waals surface area contributed by atoms with Gasteiger partial charge in [-0.2, -0.15) is 0 Å². The highest BCUT2D eigenvalue weighted by Crippen LogP contribution is 2.40. The Morgan fingerprint density at radius 3 is 0.532 bits per heavy atom. The maximum atomic E-state index is 9.44. The van der Waals surface area contributed by atoms with Crippen LogP contribution in [0.1, 0.15) is 33.4 Å². The Kier molecular flexibility index (Phi) is 11.3. The van der Waals surface area contributed by atoms with Crippen LogP contribution in [-0.2, 0) is 0 Å². The molecule has 0 heterocycles. The molecule has 9 aromatic carbocycles. The molecule has 0 saturated carbocycles. The van der Waals surface area contributed by atoms with Crippen molar-refractivity contribution in [3.63, 3.8) is 0 Å². The van der Waals surface area contributed by atoms with E-state index in [1.807, 2.05) is 0 Å². The maximum Gasteiger partial charge on any atom is 0.249 e. The Bertz CT molecular complexity index is 2510. The number of halogens is 1. The average molecular weight is 836 g/mol. The highest BCUT2D eigenvalue weighted by molar-refractivity contribution is 7.41. The molecular formula is C60H51ClSi. The van der Waals surface area contributed by atoms with Gasteiger partial charge in [0.1, 0.15) is 0 Å². The normalized spacial score (nSPS) is 11.5. The van der Waals surface area contributed by atoms with Gasteiger partial charge in [-0.15, -0.1) is 11.1 Å². The van der Waals surface area contributed by atoms with E-state index < -0.39 is 7.38 Å². The second-order valence-electron chi connectivity index (χ2n) is 16.6. The van der Waals surface area contributed by atoms with Crippen molar-refractivity contribution in [1.29, 1.82) is 0 Å². The molecule has 2 heteroatoms. The van der Waals surface area contributed by atoms with Crippen molar-refractivity contribution < 1.29 is 0 Å². The molecule has 0 fully saturated rings. The van der Waals surface area contributed by atoms with Crippen LogP contribution in [0, 0.1) is 41.5 Å². The molecule has 0 radical (unpaired) electrons. The summed E-state index contributed by atoms with van der Waals surface area (Å²) in [5.41, 5.74) is 21.7. The monoisotopic (exact) mass is 834 g/mol. The van der Waals surface area contributed by atoms with Crippen molar-refractivity contribution in [3.05, 3.63) is 234 Å². The molecule has 0 aromatic heterocycles. The molecule has 0 saturated heterocycles. The summed E-state index contributed by atoms with van der Waals surface area (Å²) in [6.45, 7) is 14.0. The Labute approximate surface area is 373 Å². The van der Waals surface area contributed by atoms with E-state index in [9.17, 15) is 11.1 Å². The second kappa shape index (κ2) is 17.1. The molecule has 0 aliphatic heterocycles. The van der Waals surface area contributed by atoms with Gasteiger partial charge in [0.05, 0.1) is 0 Å². The van der Waals surface area contributed by atoms with Crippen molar-refractivity contribution >= 4 is 34.0 Å². The van der Waals surface area contributed by atoms with E-state index in [0.717, 1.165) is 0 Å². The van der Waals surface area contributed by atoms with E-state index in [1.165, 1.54) is 116 Å². The summed E-state index contributed by atoms with van der Waals surface area (Å²) < 4.78 is 0. The zero-order valence-electron chi connectivity index (χ0n) is 36.4. The summed E-state index contributed by atoms with van der Waals surface area (Å²) in [7, 11) is -3.66. The standard InChI is InChI=1S/C60H51ClSi/c1-40-52(46-25-13-7-14-26-46)37-53(47-27-15-8-16-28-47)41(2)58(40)62(61,59-42(3)54(48-29-17-9-18-30-48)38-55(43(59)4)49-31-19-10-20-32-49)60-44(5)56(50-33-21-11-22-34-50)39-57(45(60)6)51-35-23-12-24-36-51/h7-39H,1-6H3. The fourth-order valence-corrected chi connectivity index (χ4v) is 17.4. The molecule has 62 heavy (non-hydrogen) atoms. The molecule has 0 aliphatic carbocycles. The zero-order valence-corrected chi connectivity index (χ0v) is 38.2. The van der Waals surface area contributed by atoms with Crippen molar-refractivity contribution in [3.8, 4) is 66.8 Å².